The number of carbonyl (C=O) groups is 1. The molecule has 0 aliphatic carbocycles. The van der Waals surface area contributed by atoms with E-state index in [1.54, 1.807) is 12.1 Å². The van der Waals surface area contributed by atoms with Gasteiger partial charge in [-0.15, -0.1) is 0 Å². The lowest BCUT2D eigenvalue weighted by Gasteiger charge is -2.14. The number of methoxy groups -OCH3 is 1. The maximum atomic E-state index is 11.4. The van der Waals surface area contributed by atoms with Gasteiger partial charge in [-0.2, -0.15) is 0 Å². The van der Waals surface area contributed by atoms with Gasteiger partial charge in [-0.05, 0) is 42.3 Å². The number of carbonyl (C=O) groups excluding carboxylic acids is 1. The van der Waals surface area contributed by atoms with E-state index in [2.05, 4.69) is 17.0 Å². The molecule has 2 rings (SSSR count). The van der Waals surface area contributed by atoms with Gasteiger partial charge in [-0.1, -0.05) is 35.9 Å². The number of hydrogen-bond donors (Lipinski definition) is 1. The Morgan fingerprint density at radius 1 is 1.24 bits per heavy atom. The molecule has 2 aromatic carbocycles. The fraction of sp³-hybridized carbons (Fsp3) is 0.235. The van der Waals surface area contributed by atoms with Gasteiger partial charge in [0.05, 0.1) is 12.7 Å². The van der Waals surface area contributed by atoms with E-state index >= 15 is 0 Å². The van der Waals surface area contributed by atoms with Crippen LogP contribution in [0.1, 0.15) is 34.5 Å². The van der Waals surface area contributed by atoms with Crippen molar-refractivity contribution in [1.29, 1.82) is 0 Å². The Kier molecular flexibility index (Phi) is 5.37. The molecule has 0 aliphatic heterocycles. The molecule has 0 unspecified atom stereocenters. The highest BCUT2D eigenvalue weighted by atomic mass is 35.5. The molecule has 0 bridgehead atoms. The summed E-state index contributed by atoms with van der Waals surface area (Å²) >= 11 is 6.00. The Hall–Kier alpha value is -1.84. The Balaban J connectivity index is 1.95. The fourth-order valence-corrected chi connectivity index (χ4v) is 2.24. The summed E-state index contributed by atoms with van der Waals surface area (Å²) in [4.78, 5) is 11.4. The summed E-state index contributed by atoms with van der Waals surface area (Å²) in [5, 5.41) is 4.17. The standard InChI is InChI=1S/C17H18ClNO2/c1-12(15-4-3-5-16(18)10-15)19-11-13-6-8-14(9-7-13)17(20)21-2/h3-10,12,19H,11H2,1-2H3/t12-/m1/s1. The molecular formula is C17H18ClNO2. The molecule has 0 radical (unpaired) electrons. The molecule has 0 saturated carbocycles. The van der Waals surface area contributed by atoms with Crippen molar-refractivity contribution in [3.05, 3.63) is 70.2 Å². The monoisotopic (exact) mass is 303 g/mol. The Morgan fingerprint density at radius 3 is 2.57 bits per heavy atom. The Bertz CT molecular complexity index is 610. The normalized spacial score (nSPS) is 12.0. The number of esters is 1. The quantitative estimate of drug-likeness (QED) is 0.849. The predicted octanol–water partition coefficient (Wildman–Crippen LogP) is 3.98. The number of hydrogen-bond acceptors (Lipinski definition) is 3. The van der Waals surface area contributed by atoms with Crippen molar-refractivity contribution in [2.75, 3.05) is 7.11 Å². The lowest BCUT2D eigenvalue weighted by atomic mass is 10.1. The van der Waals surface area contributed by atoms with E-state index in [0.29, 0.717) is 5.56 Å². The van der Waals surface area contributed by atoms with Crippen LogP contribution < -0.4 is 5.32 Å². The summed E-state index contributed by atoms with van der Waals surface area (Å²) < 4.78 is 4.68. The molecule has 0 aromatic heterocycles. The average molecular weight is 304 g/mol. The van der Waals surface area contributed by atoms with Gasteiger partial charge in [0.2, 0.25) is 0 Å². The highest BCUT2D eigenvalue weighted by Gasteiger charge is 2.07. The van der Waals surface area contributed by atoms with Crippen molar-refractivity contribution in [2.24, 2.45) is 0 Å². The summed E-state index contributed by atoms with van der Waals surface area (Å²) in [6.45, 7) is 2.81. The minimum atomic E-state index is -0.318. The van der Waals surface area contributed by atoms with E-state index in [0.717, 1.165) is 22.7 Å². The minimum absolute atomic E-state index is 0.198. The lowest BCUT2D eigenvalue weighted by Crippen LogP contribution is -2.18. The molecule has 110 valence electrons. The molecule has 1 atom stereocenters. The molecule has 0 aliphatic rings. The highest BCUT2D eigenvalue weighted by molar-refractivity contribution is 6.30. The highest BCUT2D eigenvalue weighted by Crippen LogP contribution is 2.18. The molecule has 0 amide bonds. The molecule has 2 aromatic rings. The first-order valence-corrected chi connectivity index (χ1v) is 7.14. The van der Waals surface area contributed by atoms with Gasteiger partial charge in [0, 0.05) is 17.6 Å². The van der Waals surface area contributed by atoms with E-state index in [1.165, 1.54) is 7.11 Å². The van der Waals surface area contributed by atoms with Crippen LogP contribution in [0, 0.1) is 0 Å². The van der Waals surface area contributed by atoms with Crippen molar-refractivity contribution in [2.45, 2.75) is 19.5 Å². The largest absolute Gasteiger partial charge is 0.465 e. The first kappa shape index (κ1) is 15.5. The summed E-state index contributed by atoms with van der Waals surface area (Å²) in [6, 6.07) is 15.4. The number of halogens is 1. The van der Waals surface area contributed by atoms with Gasteiger partial charge in [-0.25, -0.2) is 4.79 Å². The fourth-order valence-electron chi connectivity index (χ4n) is 2.04. The second-order valence-corrected chi connectivity index (χ2v) is 5.28. The van der Waals surface area contributed by atoms with Gasteiger partial charge >= 0.3 is 5.97 Å². The third-order valence-electron chi connectivity index (χ3n) is 3.34. The Labute approximate surface area is 129 Å². The molecule has 0 spiro atoms. The molecule has 21 heavy (non-hydrogen) atoms. The number of rotatable bonds is 5. The van der Waals surface area contributed by atoms with E-state index in [4.69, 9.17) is 11.6 Å². The van der Waals surface area contributed by atoms with E-state index in [1.807, 2.05) is 36.4 Å². The van der Waals surface area contributed by atoms with Crippen molar-refractivity contribution >= 4 is 17.6 Å². The van der Waals surface area contributed by atoms with Crippen LogP contribution in [0.2, 0.25) is 5.02 Å². The zero-order valence-corrected chi connectivity index (χ0v) is 12.9. The lowest BCUT2D eigenvalue weighted by molar-refractivity contribution is 0.0600. The van der Waals surface area contributed by atoms with Crippen LogP contribution in [0.3, 0.4) is 0 Å². The third-order valence-corrected chi connectivity index (χ3v) is 3.57. The van der Waals surface area contributed by atoms with Crippen molar-refractivity contribution < 1.29 is 9.53 Å². The van der Waals surface area contributed by atoms with Crippen LogP contribution in [-0.4, -0.2) is 13.1 Å². The summed E-state index contributed by atoms with van der Waals surface area (Å²) in [5.74, 6) is -0.318. The van der Waals surface area contributed by atoms with E-state index < -0.39 is 0 Å². The van der Waals surface area contributed by atoms with Crippen LogP contribution >= 0.6 is 11.6 Å². The van der Waals surface area contributed by atoms with Crippen LogP contribution in [0.25, 0.3) is 0 Å². The van der Waals surface area contributed by atoms with E-state index in [9.17, 15) is 4.79 Å². The SMILES string of the molecule is COC(=O)c1ccc(CN[C@H](C)c2cccc(Cl)c2)cc1. The zero-order chi connectivity index (χ0) is 15.2. The summed E-state index contributed by atoms with van der Waals surface area (Å²) in [7, 11) is 1.38. The topological polar surface area (TPSA) is 38.3 Å². The second kappa shape index (κ2) is 7.25. The van der Waals surface area contributed by atoms with Gasteiger partial charge in [0.1, 0.15) is 0 Å². The smallest absolute Gasteiger partial charge is 0.337 e. The molecule has 0 saturated heterocycles. The van der Waals surface area contributed by atoms with E-state index in [-0.39, 0.29) is 12.0 Å². The number of benzene rings is 2. The minimum Gasteiger partial charge on any atom is -0.465 e. The van der Waals surface area contributed by atoms with Crippen molar-refractivity contribution in [3.8, 4) is 0 Å². The van der Waals surface area contributed by atoms with Crippen LogP contribution in [-0.2, 0) is 11.3 Å². The molecular weight excluding hydrogens is 286 g/mol. The van der Waals surface area contributed by atoms with Crippen LogP contribution in [0.4, 0.5) is 0 Å². The molecule has 3 nitrogen and oxygen atoms in total. The zero-order valence-electron chi connectivity index (χ0n) is 12.1. The maximum absolute atomic E-state index is 11.4. The van der Waals surface area contributed by atoms with Crippen LogP contribution in [0.15, 0.2) is 48.5 Å². The van der Waals surface area contributed by atoms with Crippen molar-refractivity contribution in [1.82, 2.24) is 5.32 Å². The second-order valence-electron chi connectivity index (χ2n) is 4.85. The first-order valence-electron chi connectivity index (χ1n) is 6.76. The maximum Gasteiger partial charge on any atom is 0.337 e. The van der Waals surface area contributed by atoms with Crippen molar-refractivity contribution in [3.63, 3.8) is 0 Å². The Morgan fingerprint density at radius 2 is 1.95 bits per heavy atom. The summed E-state index contributed by atoms with van der Waals surface area (Å²) in [5.41, 5.74) is 2.81. The van der Waals surface area contributed by atoms with Gasteiger partial charge in [-0.3, -0.25) is 0 Å². The third kappa shape index (κ3) is 4.31. The number of ether oxygens (including phenoxy) is 1. The molecule has 1 N–H and O–H groups in total. The molecule has 0 fully saturated rings. The van der Waals surface area contributed by atoms with Crippen LogP contribution in [0.5, 0.6) is 0 Å². The molecule has 4 heteroatoms. The number of nitrogens with one attached hydrogen (secondary N) is 1. The predicted molar refractivity (Wildman–Crippen MR) is 84.5 cm³/mol. The van der Waals surface area contributed by atoms with Gasteiger partial charge in [0.25, 0.3) is 0 Å². The average Bonchev–Trinajstić information content (AvgIpc) is 2.52. The summed E-state index contributed by atoms with van der Waals surface area (Å²) in [6.07, 6.45) is 0. The first-order chi connectivity index (χ1) is 10.1. The van der Waals surface area contributed by atoms with Gasteiger partial charge < -0.3 is 10.1 Å². The molecule has 0 heterocycles. The van der Waals surface area contributed by atoms with Gasteiger partial charge in [0.15, 0.2) is 0 Å².